The van der Waals surface area contributed by atoms with E-state index in [1.165, 1.54) is 22.5 Å². The highest BCUT2D eigenvalue weighted by atomic mass is 35.5. The second-order valence-corrected chi connectivity index (χ2v) is 12.4. The Hall–Kier alpha value is -1.91. The molecule has 3 rings (SSSR count). The van der Waals surface area contributed by atoms with Crippen LogP contribution >= 0.6 is 11.6 Å². The van der Waals surface area contributed by atoms with Crippen LogP contribution in [0.3, 0.4) is 0 Å². The van der Waals surface area contributed by atoms with Crippen LogP contribution in [0.5, 0.6) is 0 Å². The lowest BCUT2D eigenvalue weighted by molar-refractivity contribution is -0.145. The van der Waals surface area contributed by atoms with Crippen molar-refractivity contribution < 1.29 is 27.1 Å². The van der Waals surface area contributed by atoms with Crippen LogP contribution in [0.1, 0.15) is 47.0 Å². The average molecular weight is 518 g/mol. The average Bonchev–Trinajstić information content (AvgIpc) is 2.66. The second kappa shape index (κ2) is 9.99. The van der Waals surface area contributed by atoms with Crippen molar-refractivity contribution in [3.8, 4) is 0 Å². The predicted octanol–water partition coefficient (Wildman–Crippen LogP) is 3.35. The highest BCUT2D eigenvalue weighted by Crippen LogP contribution is 2.52. The SMILES string of the molecule is CC(CCNC(=O)OC(C)(C)C)N(C(=O)CCl)C1CC2(C1)CN(S(=O)(=O)c1ccccc1F)C2. The van der Waals surface area contributed by atoms with Crippen LogP contribution < -0.4 is 5.32 Å². The lowest BCUT2D eigenvalue weighted by Crippen LogP contribution is -2.68. The zero-order chi connectivity index (χ0) is 25.3. The molecule has 8 nitrogen and oxygen atoms in total. The molecule has 0 bridgehead atoms. The number of hydrogen-bond donors (Lipinski definition) is 1. The van der Waals surface area contributed by atoms with Crippen molar-refractivity contribution in [2.24, 2.45) is 5.41 Å². The molecular weight excluding hydrogens is 485 g/mol. The van der Waals surface area contributed by atoms with E-state index in [4.69, 9.17) is 16.3 Å². The number of nitrogens with zero attached hydrogens (tertiary/aromatic N) is 2. The molecule has 2 amide bonds. The summed E-state index contributed by atoms with van der Waals surface area (Å²) >= 11 is 5.85. The topological polar surface area (TPSA) is 96.0 Å². The van der Waals surface area contributed by atoms with E-state index in [0.29, 0.717) is 38.9 Å². The van der Waals surface area contributed by atoms with Crippen LogP contribution in [0.2, 0.25) is 0 Å². The lowest BCUT2D eigenvalue weighted by atomic mass is 9.61. The molecule has 1 aromatic carbocycles. The van der Waals surface area contributed by atoms with Crippen molar-refractivity contribution >= 4 is 33.6 Å². The van der Waals surface area contributed by atoms with E-state index >= 15 is 0 Å². The van der Waals surface area contributed by atoms with E-state index in [2.05, 4.69) is 5.32 Å². The number of nitrogens with one attached hydrogen (secondary N) is 1. The minimum Gasteiger partial charge on any atom is -0.444 e. The highest BCUT2D eigenvalue weighted by Gasteiger charge is 2.57. The molecule has 1 aromatic rings. The van der Waals surface area contributed by atoms with Crippen molar-refractivity contribution in [1.29, 1.82) is 0 Å². The van der Waals surface area contributed by atoms with Gasteiger partial charge in [0, 0.05) is 37.1 Å². The maximum absolute atomic E-state index is 14.0. The summed E-state index contributed by atoms with van der Waals surface area (Å²) in [7, 11) is -3.88. The van der Waals surface area contributed by atoms with Crippen molar-refractivity contribution in [2.75, 3.05) is 25.5 Å². The first kappa shape index (κ1) is 26.7. The van der Waals surface area contributed by atoms with Gasteiger partial charge in [0.05, 0.1) is 0 Å². The molecule has 1 atom stereocenters. The molecule has 1 saturated heterocycles. The van der Waals surface area contributed by atoms with Gasteiger partial charge >= 0.3 is 6.09 Å². The fraction of sp³-hybridized carbons (Fsp3) is 0.652. The van der Waals surface area contributed by atoms with Crippen molar-refractivity contribution in [3.63, 3.8) is 0 Å². The molecule has 11 heteroatoms. The van der Waals surface area contributed by atoms with Gasteiger partial charge in [-0.15, -0.1) is 11.6 Å². The molecule has 1 heterocycles. The molecule has 1 aliphatic heterocycles. The maximum atomic E-state index is 14.0. The molecule has 2 aliphatic rings. The van der Waals surface area contributed by atoms with E-state index in [-0.39, 0.29) is 34.2 Å². The molecule has 34 heavy (non-hydrogen) atoms. The number of sulfonamides is 1. The Kier molecular flexibility index (Phi) is 7.84. The molecule has 1 aliphatic carbocycles. The first-order valence-electron chi connectivity index (χ1n) is 11.4. The van der Waals surface area contributed by atoms with Gasteiger partial charge < -0.3 is 15.0 Å². The largest absolute Gasteiger partial charge is 0.444 e. The Labute approximate surface area is 205 Å². The molecule has 1 N–H and O–H groups in total. The Morgan fingerprint density at radius 1 is 1.29 bits per heavy atom. The molecule has 0 aromatic heterocycles. The molecule has 1 spiro atoms. The lowest BCUT2D eigenvalue weighted by Gasteiger charge is -2.60. The Bertz CT molecular complexity index is 1020. The fourth-order valence-electron chi connectivity index (χ4n) is 4.77. The third-order valence-corrected chi connectivity index (χ3v) is 8.37. The van der Waals surface area contributed by atoms with Gasteiger partial charge in [0.15, 0.2) is 0 Å². The first-order valence-corrected chi connectivity index (χ1v) is 13.3. The van der Waals surface area contributed by atoms with Crippen molar-refractivity contribution in [2.45, 2.75) is 69.5 Å². The smallest absolute Gasteiger partial charge is 0.407 e. The monoisotopic (exact) mass is 517 g/mol. The minimum absolute atomic E-state index is 0.0545. The number of ether oxygens (including phenoxy) is 1. The van der Waals surface area contributed by atoms with Crippen LogP contribution in [0.15, 0.2) is 29.2 Å². The second-order valence-electron chi connectivity index (χ2n) is 10.3. The first-order chi connectivity index (χ1) is 15.8. The summed E-state index contributed by atoms with van der Waals surface area (Å²) in [6.45, 7) is 8.20. The van der Waals surface area contributed by atoms with Crippen LogP contribution in [0.4, 0.5) is 9.18 Å². The van der Waals surface area contributed by atoms with Gasteiger partial charge in [-0.1, -0.05) is 12.1 Å². The van der Waals surface area contributed by atoms with E-state index < -0.39 is 27.5 Å². The quantitative estimate of drug-likeness (QED) is 0.533. The summed E-state index contributed by atoms with van der Waals surface area (Å²) in [6, 6.07) is 5.14. The highest BCUT2D eigenvalue weighted by molar-refractivity contribution is 7.89. The number of amides is 2. The molecule has 2 fully saturated rings. The van der Waals surface area contributed by atoms with Gasteiger partial charge in [-0.3, -0.25) is 4.79 Å². The number of alkyl halides is 1. The number of carbonyl (C=O) groups is 2. The number of carbonyl (C=O) groups excluding carboxylic acids is 2. The van der Waals surface area contributed by atoms with Gasteiger partial charge in [-0.05, 0) is 59.1 Å². The number of hydrogen-bond acceptors (Lipinski definition) is 5. The van der Waals surface area contributed by atoms with E-state index in [1.54, 1.807) is 25.7 Å². The van der Waals surface area contributed by atoms with Crippen LogP contribution in [-0.4, -0.2) is 72.8 Å². The summed E-state index contributed by atoms with van der Waals surface area (Å²) in [5, 5.41) is 2.70. The van der Waals surface area contributed by atoms with Crippen molar-refractivity contribution in [3.05, 3.63) is 30.1 Å². The van der Waals surface area contributed by atoms with Gasteiger partial charge in [-0.2, -0.15) is 4.31 Å². The normalized spacial score (nSPS) is 19.1. The van der Waals surface area contributed by atoms with Crippen LogP contribution in [0.25, 0.3) is 0 Å². The molecule has 1 saturated carbocycles. The van der Waals surface area contributed by atoms with Gasteiger partial charge in [0.25, 0.3) is 0 Å². The molecule has 190 valence electrons. The summed E-state index contributed by atoms with van der Waals surface area (Å²) < 4.78 is 46.1. The van der Waals surface area contributed by atoms with E-state index in [9.17, 15) is 22.4 Å². The van der Waals surface area contributed by atoms with Crippen LogP contribution in [-0.2, 0) is 19.6 Å². The summed E-state index contributed by atoms with van der Waals surface area (Å²) in [5.41, 5.74) is -0.796. The zero-order valence-corrected chi connectivity index (χ0v) is 21.6. The molecule has 1 unspecified atom stereocenters. The molecular formula is C23H33ClFN3O5S. The number of benzene rings is 1. The Balaban J connectivity index is 1.54. The summed E-state index contributed by atoms with van der Waals surface area (Å²) in [5.74, 6) is -1.11. The van der Waals surface area contributed by atoms with E-state index in [0.717, 1.165) is 6.07 Å². The fourth-order valence-corrected chi connectivity index (χ4v) is 6.64. The standard InChI is InChI=1S/C23H33ClFN3O5S/c1-16(9-10-26-21(30)33-22(2,3)4)28(20(29)13-24)17-11-23(12-17)14-27(15-23)34(31,32)19-8-6-5-7-18(19)25/h5-8,16-17H,9-15H2,1-4H3,(H,26,30). The predicted molar refractivity (Wildman–Crippen MR) is 126 cm³/mol. The summed E-state index contributed by atoms with van der Waals surface area (Å²) in [6.07, 6.45) is 1.33. The Morgan fingerprint density at radius 2 is 1.91 bits per heavy atom. The molecule has 0 radical (unpaired) electrons. The third kappa shape index (κ3) is 5.83. The number of rotatable bonds is 8. The minimum atomic E-state index is -3.88. The van der Waals surface area contributed by atoms with Gasteiger partial charge in [0.2, 0.25) is 15.9 Å². The maximum Gasteiger partial charge on any atom is 0.407 e. The third-order valence-electron chi connectivity index (χ3n) is 6.32. The van der Waals surface area contributed by atoms with Crippen molar-refractivity contribution in [1.82, 2.24) is 14.5 Å². The van der Waals surface area contributed by atoms with Gasteiger partial charge in [0.1, 0.15) is 22.2 Å². The number of halogens is 2. The van der Waals surface area contributed by atoms with E-state index in [1.807, 2.05) is 6.92 Å². The summed E-state index contributed by atoms with van der Waals surface area (Å²) in [4.78, 5) is 25.9. The zero-order valence-electron chi connectivity index (χ0n) is 20.0. The Morgan fingerprint density at radius 3 is 2.47 bits per heavy atom. The number of alkyl carbamates (subject to hydrolysis) is 1. The van der Waals surface area contributed by atoms with Crippen LogP contribution in [0, 0.1) is 11.2 Å². The van der Waals surface area contributed by atoms with Gasteiger partial charge in [-0.25, -0.2) is 17.6 Å².